The van der Waals surface area contributed by atoms with Crippen molar-refractivity contribution >= 4 is 12.0 Å². The van der Waals surface area contributed by atoms with Gasteiger partial charge < -0.3 is 10.1 Å². The van der Waals surface area contributed by atoms with E-state index in [0.717, 1.165) is 6.42 Å². The van der Waals surface area contributed by atoms with Crippen molar-refractivity contribution in [3.63, 3.8) is 0 Å². The van der Waals surface area contributed by atoms with E-state index in [-0.39, 0.29) is 18.3 Å². The highest BCUT2D eigenvalue weighted by molar-refractivity contribution is 5.86. The molecule has 0 aromatic heterocycles. The number of nitrogens with one attached hydrogen (secondary N) is 1. The van der Waals surface area contributed by atoms with E-state index >= 15 is 0 Å². The molecule has 24 heavy (non-hydrogen) atoms. The molecular formula is C18H25FN2O3. The van der Waals surface area contributed by atoms with Crippen molar-refractivity contribution in [2.24, 2.45) is 0 Å². The zero-order chi connectivity index (χ0) is 17.9. The van der Waals surface area contributed by atoms with Crippen molar-refractivity contribution in [3.8, 4) is 0 Å². The molecule has 6 heteroatoms. The second kappa shape index (κ2) is 7.20. The number of rotatable bonds is 3. The molecule has 2 amide bonds. The maximum atomic E-state index is 13.5. The van der Waals surface area contributed by atoms with Crippen LogP contribution >= 0.6 is 0 Å². The lowest BCUT2D eigenvalue weighted by atomic mass is 10.1. The summed E-state index contributed by atoms with van der Waals surface area (Å²) >= 11 is 0. The van der Waals surface area contributed by atoms with Crippen LogP contribution in [0.25, 0.3) is 0 Å². The third-order valence-electron chi connectivity index (χ3n) is 3.89. The van der Waals surface area contributed by atoms with Crippen molar-refractivity contribution in [3.05, 3.63) is 35.1 Å². The number of hydrogen-bond donors (Lipinski definition) is 1. The highest BCUT2D eigenvalue weighted by Crippen LogP contribution is 2.21. The van der Waals surface area contributed by atoms with Gasteiger partial charge in [0.15, 0.2) is 0 Å². The minimum atomic E-state index is -0.597. The average Bonchev–Trinajstić information content (AvgIpc) is 2.96. The fourth-order valence-electron chi connectivity index (χ4n) is 2.63. The van der Waals surface area contributed by atoms with Crippen LogP contribution in [0.1, 0.15) is 44.7 Å². The van der Waals surface area contributed by atoms with Gasteiger partial charge in [0.05, 0.1) is 0 Å². The van der Waals surface area contributed by atoms with Crippen molar-refractivity contribution < 1.29 is 18.7 Å². The lowest BCUT2D eigenvalue weighted by molar-refractivity contribution is -0.125. The van der Waals surface area contributed by atoms with E-state index in [1.54, 1.807) is 39.8 Å². The molecule has 1 saturated heterocycles. The molecule has 0 saturated carbocycles. The van der Waals surface area contributed by atoms with Crippen LogP contribution in [0.4, 0.5) is 9.18 Å². The van der Waals surface area contributed by atoms with Crippen LogP contribution in [0, 0.1) is 12.7 Å². The fourth-order valence-corrected chi connectivity index (χ4v) is 2.63. The first-order chi connectivity index (χ1) is 11.2. The monoisotopic (exact) mass is 336 g/mol. The summed E-state index contributed by atoms with van der Waals surface area (Å²) < 4.78 is 18.9. The number of benzene rings is 1. The van der Waals surface area contributed by atoms with Crippen LogP contribution < -0.4 is 5.32 Å². The number of nitrogens with zero attached hydrogens (tertiary/aromatic N) is 1. The van der Waals surface area contributed by atoms with Gasteiger partial charge in [0.2, 0.25) is 5.91 Å². The van der Waals surface area contributed by atoms with Gasteiger partial charge in [-0.2, -0.15) is 0 Å². The maximum Gasteiger partial charge on any atom is 0.410 e. The number of carbonyl (C=O) groups excluding carboxylic acids is 2. The quantitative estimate of drug-likeness (QED) is 0.922. The molecule has 1 fully saturated rings. The third-order valence-corrected chi connectivity index (χ3v) is 3.89. The molecule has 1 unspecified atom stereocenters. The van der Waals surface area contributed by atoms with E-state index in [1.807, 2.05) is 0 Å². The van der Waals surface area contributed by atoms with Gasteiger partial charge in [-0.3, -0.25) is 9.69 Å². The normalized spacial score (nSPS) is 17.7. The molecule has 2 rings (SSSR count). The molecule has 1 aromatic carbocycles. The zero-order valence-corrected chi connectivity index (χ0v) is 14.7. The smallest absolute Gasteiger partial charge is 0.410 e. The van der Waals surface area contributed by atoms with E-state index in [1.165, 1.54) is 11.0 Å². The predicted octanol–water partition coefficient (Wildman–Crippen LogP) is 3.15. The van der Waals surface area contributed by atoms with Crippen LogP contribution in [-0.4, -0.2) is 35.1 Å². The van der Waals surface area contributed by atoms with Gasteiger partial charge in [0.25, 0.3) is 0 Å². The number of aryl methyl sites for hydroxylation is 1. The lowest BCUT2D eigenvalue weighted by Gasteiger charge is -2.28. The van der Waals surface area contributed by atoms with Crippen LogP contribution in [0.2, 0.25) is 0 Å². The highest BCUT2D eigenvalue weighted by atomic mass is 19.1. The summed E-state index contributed by atoms with van der Waals surface area (Å²) in [5, 5.41) is 2.78. The Hall–Kier alpha value is -2.11. The lowest BCUT2D eigenvalue weighted by Crippen LogP contribution is -2.47. The molecule has 0 spiro atoms. The number of halogens is 1. The Kier molecular flexibility index (Phi) is 5.47. The topological polar surface area (TPSA) is 58.6 Å². The Morgan fingerprint density at radius 3 is 2.71 bits per heavy atom. The second-order valence-electron chi connectivity index (χ2n) is 7.13. The molecule has 1 aliphatic heterocycles. The molecule has 0 bridgehead atoms. The van der Waals surface area contributed by atoms with Gasteiger partial charge in [-0.25, -0.2) is 9.18 Å². The Bertz CT molecular complexity index is 625. The number of likely N-dealkylation sites (tertiary alicyclic amines) is 1. The van der Waals surface area contributed by atoms with Crippen molar-refractivity contribution in [2.75, 3.05) is 6.54 Å². The first kappa shape index (κ1) is 18.2. The summed E-state index contributed by atoms with van der Waals surface area (Å²) in [5.41, 5.74) is 0.658. The molecule has 0 radical (unpaired) electrons. The van der Waals surface area contributed by atoms with Gasteiger partial charge in [-0.15, -0.1) is 0 Å². The Morgan fingerprint density at radius 2 is 2.08 bits per heavy atom. The largest absolute Gasteiger partial charge is 0.444 e. The number of ether oxygens (including phenoxy) is 1. The first-order valence-corrected chi connectivity index (χ1v) is 8.20. The number of hydrogen-bond acceptors (Lipinski definition) is 3. The molecular weight excluding hydrogens is 311 g/mol. The maximum absolute atomic E-state index is 13.5. The van der Waals surface area contributed by atoms with Gasteiger partial charge in [-0.1, -0.05) is 12.1 Å². The minimum Gasteiger partial charge on any atom is -0.444 e. The van der Waals surface area contributed by atoms with Crippen molar-refractivity contribution in [1.29, 1.82) is 0 Å². The van der Waals surface area contributed by atoms with Gasteiger partial charge in [0, 0.05) is 13.1 Å². The van der Waals surface area contributed by atoms with Crippen LogP contribution in [0.15, 0.2) is 18.2 Å². The summed E-state index contributed by atoms with van der Waals surface area (Å²) in [7, 11) is 0. The molecule has 132 valence electrons. The van der Waals surface area contributed by atoms with Gasteiger partial charge >= 0.3 is 6.09 Å². The Labute approximate surface area is 142 Å². The molecule has 1 aliphatic rings. The minimum absolute atomic E-state index is 0.231. The molecule has 1 aromatic rings. The molecule has 1 N–H and O–H groups in total. The number of amides is 2. The standard InChI is InChI=1S/C18H25FN2O3/c1-12-7-8-13(10-14(12)19)11-20-16(22)15-6-5-9-21(15)17(23)24-18(2,3)4/h7-8,10,15H,5-6,9,11H2,1-4H3,(H,20,22). The van der Waals surface area contributed by atoms with Gasteiger partial charge in [0.1, 0.15) is 17.5 Å². The Morgan fingerprint density at radius 1 is 1.38 bits per heavy atom. The first-order valence-electron chi connectivity index (χ1n) is 8.20. The number of carbonyl (C=O) groups is 2. The Balaban J connectivity index is 1.95. The molecule has 0 aliphatic carbocycles. The molecule has 5 nitrogen and oxygen atoms in total. The summed E-state index contributed by atoms with van der Waals surface area (Å²) in [4.78, 5) is 26.1. The van der Waals surface area contributed by atoms with Crippen LogP contribution in [-0.2, 0) is 16.1 Å². The molecule has 1 heterocycles. The predicted molar refractivity (Wildman–Crippen MR) is 88.9 cm³/mol. The average molecular weight is 336 g/mol. The van der Waals surface area contributed by atoms with Crippen LogP contribution in [0.5, 0.6) is 0 Å². The fraction of sp³-hybridized carbons (Fsp3) is 0.556. The van der Waals surface area contributed by atoms with E-state index in [4.69, 9.17) is 4.74 Å². The summed E-state index contributed by atoms with van der Waals surface area (Å²) in [5.74, 6) is -0.530. The van der Waals surface area contributed by atoms with Crippen LogP contribution in [0.3, 0.4) is 0 Å². The summed E-state index contributed by atoms with van der Waals surface area (Å²) in [6.07, 6.45) is 0.894. The van der Waals surface area contributed by atoms with E-state index < -0.39 is 17.7 Å². The zero-order valence-electron chi connectivity index (χ0n) is 14.7. The summed E-state index contributed by atoms with van der Waals surface area (Å²) in [6, 6.07) is 4.34. The second-order valence-corrected chi connectivity index (χ2v) is 7.13. The SMILES string of the molecule is Cc1ccc(CNC(=O)C2CCCN2C(=O)OC(C)(C)C)cc1F. The van der Waals surface area contributed by atoms with E-state index in [9.17, 15) is 14.0 Å². The van der Waals surface area contributed by atoms with Gasteiger partial charge in [-0.05, 0) is 57.7 Å². The highest BCUT2D eigenvalue weighted by Gasteiger charge is 2.36. The van der Waals surface area contributed by atoms with Crippen molar-refractivity contribution in [1.82, 2.24) is 10.2 Å². The van der Waals surface area contributed by atoms with E-state index in [0.29, 0.717) is 24.1 Å². The molecule has 1 atom stereocenters. The van der Waals surface area contributed by atoms with Crippen molar-refractivity contribution in [2.45, 2.75) is 58.7 Å². The third kappa shape index (κ3) is 4.69. The van der Waals surface area contributed by atoms with E-state index in [2.05, 4.69) is 5.32 Å². The summed E-state index contributed by atoms with van der Waals surface area (Å²) in [6.45, 7) is 7.81.